The number of rotatable bonds is 1. The van der Waals surface area contributed by atoms with Gasteiger partial charge in [0.2, 0.25) is 0 Å². The second kappa shape index (κ2) is 11.6. The standard InChI is InChI=1S/C9H9N3OS.C8H6OS.C4H5NOS2/c1-4-12-8(13)6(2)14-9(12)7(5-10)11-3;9-7-5-10-8-4-2-1-3-6(7)8;1-2-3(6)8-4(7)5-2/h13H,4H2,1-2H3;1-5,9H;6H,1H3,(H,5,7)/p-3/b9-7+;;. The summed E-state index contributed by atoms with van der Waals surface area (Å²) in [5.74, 6) is 0.0319. The van der Waals surface area contributed by atoms with E-state index in [1.54, 1.807) is 25.3 Å². The second-order valence-electron chi connectivity index (χ2n) is 6.11. The summed E-state index contributed by atoms with van der Waals surface area (Å²) >= 11 is 8.46. The first-order chi connectivity index (χ1) is 15.2. The molecule has 1 aliphatic rings. The molecule has 4 rings (SSSR count). The molecule has 0 fully saturated rings. The van der Waals surface area contributed by atoms with Gasteiger partial charge in [0.05, 0.1) is 17.7 Å². The van der Waals surface area contributed by atoms with Crippen LogP contribution in [0, 0.1) is 28.8 Å². The van der Waals surface area contributed by atoms with Gasteiger partial charge in [0.1, 0.15) is 0 Å². The molecular weight excluding hydrogens is 485 g/mol. The third-order valence-corrected chi connectivity index (χ3v) is 7.17. The van der Waals surface area contributed by atoms with Crippen molar-refractivity contribution in [2.45, 2.75) is 20.8 Å². The Morgan fingerprint density at radius 3 is 2.44 bits per heavy atom. The molecule has 0 unspecified atom stereocenters. The molecule has 166 valence electrons. The molecule has 0 saturated carbocycles. The summed E-state index contributed by atoms with van der Waals surface area (Å²) in [5, 5.41) is 44.7. The lowest BCUT2D eigenvalue weighted by atomic mass is 10.2. The van der Waals surface area contributed by atoms with E-state index in [9.17, 15) is 15.3 Å². The van der Waals surface area contributed by atoms with Crippen LogP contribution in [0.15, 0.2) is 51.2 Å². The second-order valence-corrected chi connectivity index (χ2v) is 9.87. The zero-order valence-corrected chi connectivity index (χ0v) is 20.6. The SMILES string of the molecule is Cc1[nH]c(=S)sc1[O-].[C-]#[N+]/C(C#N)=C1/SC(C)=C([O-])N1CC.[O-]c1csc2ccccc12. The van der Waals surface area contributed by atoms with Gasteiger partial charge in [-0.25, -0.2) is 10.1 Å². The van der Waals surface area contributed by atoms with Crippen molar-refractivity contribution < 1.29 is 15.3 Å². The lowest BCUT2D eigenvalue weighted by Crippen LogP contribution is -2.25. The minimum Gasteiger partial charge on any atom is -0.871 e. The molecule has 0 aliphatic carbocycles. The number of aromatic amines is 1. The molecule has 2 aromatic heterocycles. The minimum atomic E-state index is -0.107. The summed E-state index contributed by atoms with van der Waals surface area (Å²) in [4.78, 5) is 7.89. The van der Waals surface area contributed by atoms with E-state index < -0.39 is 0 Å². The van der Waals surface area contributed by atoms with E-state index in [4.69, 9.17) is 11.8 Å². The molecule has 1 N–H and O–H groups in total. The lowest BCUT2D eigenvalue weighted by molar-refractivity contribution is -0.328. The monoisotopic (exact) mass is 501 g/mol. The van der Waals surface area contributed by atoms with Gasteiger partial charge in [-0.3, -0.25) is 0 Å². The van der Waals surface area contributed by atoms with Gasteiger partial charge >= 0.3 is 0 Å². The van der Waals surface area contributed by atoms with Crippen molar-refractivity contribution in [2.75, 3.05) is 6.54 Å². The first-order valence-electron chi connectivity index (χ1n) is 9.08. The summed E-state index contributed by atoms with van der Waals surface area (Å²) < 4.78 is 1.64. The van der Waals surface area contributed by atoms with E-state index in [2.05, 4.69) is 22.0 Å². The van der Waals surface area contributed by atoms with Crippen LogP contribution in [0.2, 0.25) is 0 Å². The van der Waals surface area contributed by atoms with E-state index in [0.717, 1.165) is 21.4 Å². The number of aryl methyl sites for hydroxylation is 1. The summed E-state index contributed by atoms with van der Waals surface area (Å²) in [6.07, 6.45) is 0. The van der Waals surface area contributed by atoms with E-state index >= 15 is 0 Å². The number of allylic oxidation sites excluding steroid dienone is 2. The van der Waals surface area contributed by atoms with Crippen molar-refractivity contribution in [3.05, 3.63) is 72.2 Å². The third kappa shape index (κ3) is 6.05. The maximum atomic E-state index is 11.5. The fourth-order valence-electron chi connectivity index (χ4n) is 2.45. The minimum absolute atomic E-state index is 0.0120. The summed E-state index contributed by atoms with van der Waals surface area (Å²) in [5.41, 5.74) is 0.627. The van der Waals surface area contributed by atoms with Crippen LogP contribution in [0.3, 0.4) is 0 Å². The van der Waals surface area contributed by atoms with E-state index in [1.165, 1.54) is 28.0 Å². The molecule has 0 amide bonds. The number of hydrogen-bond donors (Lipinski definition) is 1. The molecular formula is C21H17N4O3S4-3. The summed E-state index contributed by atoms with van der Waals surface area (Å²) in [6.45, 7) is 12.5. The van der Waals surface area contributed by atoms with Crippen molar-refractivity contribution >= 4 is 56.7 Å². The third-order valence-electron chi connectivity index (χ3n) is 4.00. The van der Waals surface area contributed by atoms with Gasteiger partial charge in [-0.2, -0.15) is 0 Å². The average Bonchev–Trinajstić information content (AvgIpc) is 3.39. The average molecular weight is 502 g/mol. The lowest BCUT2D eigenvalue weighted by Gasteiger charge is -2.25. The van der Waals surface area contributed by atoms with Gasteiger partial charge in [0, 0.05) is 16.9 Å². The van der Waals surface area contributed by atoms with Crippen LogP contribution in [0.25, 0.3) is 14.9 Å². The highest BCUT2D eigenvalue weighted by Gasteiger charge is 2.22. The molecule has 0 spiro atoms. The molecule has 0 radical (unpaired) electrons. The number of hydrogen-bond acceptors (Lipinski definition) is 9. The van der Waals surface area contributed by atoms with Gasteiger partial charge in [-0.1, -0.05) is 35.7 Å². The zero-order chi connectivity index (χ0) is 23.8. The van der Waals surface area contributed by atoms with Crippen LogP contribution >= 0.6 is 46.7 Å². The smallest absolute Gasteiger partial charge is 0.291 e. The van der Waals surface area contributed by atoms with Crippen LogP contribution in [0.5, 0.6) is 10.8 Å². The molecule has 11 heteroatoms. The number of thioether (sulfide) groups is 1. The van der Waals surface area contributed by atoms with Gasteiger partial charge in [-0.15, -0.1) is 22.7 Å². The first-order valence-corrected chi connectivity index (χ1v) is 12.0. The van der Waals surface area contributed by atoms with Gasteiger partial charge in [0.25, 0.3) is 5.70 Å². The van der Waals surface area contributed by atoms with Crippen LogP contribution in [-0.2, 0) is 0 Å². The number of thiophene rings is 1. The summed E-state index contributed by atoms with van der Waals surface area (Å²) in [6, 6.07) is 9.44. The molecule has 3 aromatic rings. The van der Waals surface area contributed by atoms with Gasteiger partial charge < -0.3 is 25.2 Å². The number of thiazole rings is 1. The number of fused-ring (bicyclic) bond motifs is 1. The number of nitriles is 1. The molecule has 7 nitrogen and oxygen atoms in total. The predicted octanol–water partition coefficient (Wildman–Crippen LogP) is 4.38. The van der Waals surface area contributed by atoms with Crippen LogP contribution in [0.4, 0.5) is 0 Å². The number of aromatic nitrogens is 1. The Morgan fingerprint density at radius 2 is 1.97 bits per heavy atom. The molecule has 0 atom stereocenters. The maximum absolute atomic E-state index is 11.5. The summed E-state index contributed by atoms with van der Waals surface area (Å²) in [7, 11) is 0. The molecule has 3 heterocycles. The van der Waals surface area contributed by atoms with E-state index in [-0.39, 0.29) is 22.4 Å². The van der Waals surface area contributed by atoms with Crippen LogP contribution in [-0.4, -0.2) is 16.4 Å². The predicted molar refractivity (Wildman–Crippen MR) is 127 cm³/mol. The molecule has 1 aromatic carbocycles. The molecule has 0 saturated heterocycles. The topological polar surface area (TPSA) is 116 Å². The van der Waals surface area contributed by atoms with Crippen molar-refractivity contribution in [2.24, 2.45) is 0 Å². The maximum Gasteiger partial charge on any atom is 0.291 e. The van der Waals surface area contributed by atoms with Crippen molar-refractivity contribution in [3.63, 3.8) is 0 Å². The van der Waals surface area contributed by atoms with Crippen LogP contribution < -0.4 is 15.3 Å². The quantitative estimate of drug-likeness (QED) is 0.299. The highest BCUT2D eigenvalue weighted by Crippen LogP contribution is 2.40. The Bertz CT molecular complexity index is 1270. The number of benzene rings is 1. The number of nitrogens with one attached hydrogen (secondary N) is 1. The first kappa shape index (κ1) is 25.3. The van der Waals surface area contributed by atoms with Crippen molar-refractivity contribution in [1.82, 2.24) is 9.88 Å². The Morgan fingerprint density at radius 1 is 1.28 bits per heavy atom. The van der Waals surface area contributed by atoms with Crippen LogP contribution in [0.1, 0.15) is 19.5 Å². The van der Waals surface area contributed by atoms with Crippen molar-refractivity contribution in [3.8, 4) is 16.9 Å². The van der Waals surface area contributed by atoms with Crippen molar-refractivity contribution in [1.29, 1.82) is 5.26 Å². The number of nitrogens with zero attached hydrogens (tertiary/aromatic N) is 3. The Kier molecular flexibility index (Phi) is 9.17. The largest absolute Gasteiger partial charge is 0.871 e. The zero-order valence-electron chi connectivity index (χ0n) is 17.3. The van der Waals surface area contributed by atoms with E-state index in [0.29, 0.717) is 26.1 Å². The highest BCUT2D eigenvalue weighted by atomic mass is 32.2. The molecule has 32 heavy (non-hydrogen) atoms. The van der Waals surface area contributed by atoms with Gasteiger partial charge in [-0.05, 0) is 65.7 Å². The fourth-order valence-corrected chi connectivity index (χ4v) is 5.22. The molecule has 0 bridgehead atoms. The Balaban J connectivity index is 0.000000177. The Labute approximate surface area is 203 Å². The fraction of sp³-hybridized carbons (Fsp3) is 0.190. The number of H-pyrrole nitrogens is 1. The Hall–Kier alpha value is -2.96. The normalized spacial score (nSPS) is 14.1. The van der Waals surface area contributed by atoms with E-state index in [1.807, 2.05) is 31.2 Å². The van der Waals surface area contributed by atoms with Gasteiger partial charge in [0.15, 0.2) is 3.95 Å². The molecule has 1 aliphatic heterocycles. The highest BCUT2D eigenvalue weighted by molar-refractivity contribution is 8.06.